The van der Waals surface area contributed by atoms with Crippen LogP contribution in [0.2, 0.25) is 5.02 Å². The van der Waals surface area contributed by atoms with E-state index < -0.39 is 72.6 Å². The number of aromatic nitrogens is 1. The van der Waals surface area contributed by atoms with Crippen LogP contribution in [0.1, 0.15) is 55.1 Å². The summed E-state index contributed by atoms with van der Waals surface area (Å²) in [6.45, 7) is 7.24. The number of nitrogens with one attached hydrogen (secondary N) is 2. The number of sulfonamides is 1. The zero-order valence-corrected chi connectivity index (χ0v) is 26.7. The van der Waals surface area contributed by atoms with Crippen LogP contribution in [0.3, 0.4) is 0 Å². The fourth-order valence-corrected chi connectivity index (χ4v) is 6.04. The zero-order valence-electron chi connectivity index (χ0n) is 25.2. The third kappa shape index (κ3) is 8.85. The maximum atomic E-state index is 13.6. The topological polar surface area (TPSA) is 127 Å². The molecule has 4 rings (SSSR count). The van der Waals surface area contributed by atoms with Crippen molar-refractivity contribution in [1.29, 1.82) is 0 Å². The number of alkyl halides is 3. The van der Waals surface area contributed by atoms with Crippen LogP contribution in [-0.4, -0.2) is 55.0 Å². The molecule has 0 spiro atoms. The highest BCUT2D eigenvalue weighted by Gasteiger charge is 2.35. The molecule has 1 aliphatic rings. The molecule has 248 valence electrons. The third-order valence-electron chi connectivity index (χ3n) is 6.71. The van der Waals surface area contributed by atoms with Crippen LogP contribution in [0.4, 0.5) is 28.0 Å². The van der Waals surface area contributed by atoms with Gasteiger partial charge in [-0.3, -0.25) is 4.79 Å². The standard InChI is InChI=1S/C30H31ClF4N4O6S/c1-17-13-18(32)5-6-24(17)44-25-16-22(30(33,34)35)23(31)15-21(25)27(40)37-20-7-10-36-26(14-20)46(42,43)38-19-8-11-39(12-9-19)28(41)45-29(2,3)4/h5-7,10,13-16,19,38H,8-9,11-12H2,1-4H3,(H,36,37,40). The summed E-state index contributed by atoms with van der Waals surface area (Å²) < 4.78 is 94.3. The van der Waals surface area contributed by atoms with Gasteiger partial charge in [-0.05, 0) is 82.5 Å². The maximum Gasteiger partial charge on any atom is 0.417 e. The zero-order chi connectivity index (χ0) is 34.0. The van der Waals surface area contributed by atoms with Gasteiger partial charge in [-0.1, -0.05) is 11.6 Å². The monoisotopic (exact) mass is 686 g/mol. The highest BCUT2D eigenvalue weighted by molar-refractivity contribution is 7.89. The van der Waals surface area contributed by atoms with Gasteiger partial charge in [0.25, 0.3) is 15.9 Å². The number of likely N-dealkylation sites (tertiary alicyclic amines) is 1. The number of nitrogens with zero attached hydrogens (tertiary/aromatic N) is 2. The molecule has 2 amide bonds. The Balaban J connectivity index is 1.52. The number of aryl methyl sites for hydroxylation is 1. The Morgan fingerprint density at radius 2 is 1.70 bits per heavy atom. The number of carbonyl (C=O) groups is 2. The van der Waals surface area contributed by atoms with Crippen LogP contribution >= 0.6 is 11.6 Å². The Morgan fingerprint density at radius 3 is 2.30 bits per heavy atom. The van der Waals surface area contributed by atoms with Crippen LogP contribution in [0.15, 0.2) is 53.7 Å². The van der Waals surface area contributed by atoms with E-state index in [0.29, 0.717) is 18.9 Å². The fourth-order valence-electron chi connectivity index (χ4n) is 4.50. The summed E-state index contributed by atoms with van der Waals surface area (Å²) in [5.74, 6) is -2.10. The first-order valence-corrected chi connectivity index (χ1v) is 15.8. The molecule has 1 aliphatic heterocycles. The number of rotatable bonds is 7. The number of piperidine rings is 1. The van der Waals surface area contributed by atoms with Gasteiger partial charge in [0.05, 0.1) is 16.1 Å². The average molecular weight is 687 g/mol. The molecular weight excluding hydrogens is 656 g/mol. The van der Waals surface area contributed by atoms with E-state index in [9.17, 15) is 35.6 Å². The summed E-state index contributed by atoms with van der Waals surface area (Å²) in [6.07, 6.45) is -3.60. The maximum absolute atomic E-state index is 13.6. The van der Waals surface area contributed by atoms with Gasteiger partial charge >= 0.3 is 12.3 Å². The molecule has 0 bridgehead atoms. The van der Waals surface area contributed by atoms with Crippen molar-refractivity contribution in [3.8, 4) is 11.5 Å². The van der Waals surface area contributed by atoms with Gasteiger partial charge in [-0.2, -0.15) is 13.2 Å². The molecule has 1 fully saturated rings. The molecule has 0 atom stereocenters. The normalized spacial score (nSPS) is 14.6. The lowest BCUT2D eigenvalue weighted by Crippen LogP contribution is -2.47. The molecule has 2 N–H and O–H groups in total. The van der Waals surface area contributed by atoms with E-state index >= 15 is 0 Å². The van der Waals surface area contributed by atoms with E-state index in [1.807, 2.05) is 0 Å². The number of pyridine rings is 1. The number of benzene rings is 2. The highest BCUT2D eigenvalue weighted by Crippen LogP contribution is 2.40. The summed E-state index contributed by atoms with van der Waals surface area (Å²) in [7, 11) is -4.18. The molecular formula is C30H31ClF4N4O6S. The number of ether oxygens (including phenoxy) is 2. The lowest BCUT2D eigenvalue weighted by molar-refractivity contribution is -0.137. The van der Waals surface area contributed by atoms with Gasteiger partial charge in [0.15, 0.2) is 5.03 Å². The second-order valence-corrected chi connectivity index (χ2v) is 13.6. The van der Waals surface area contributed by atoms with Gasteiger partial charge in [0, 0.05) is 37.1 Å². The van der Waals surface area contributed by atoms with Gasteiger partial charge < -0.3 is 19.7 Å². The van der Waals surface area contributed by atoms with Crippen molar-refractivity contribution in [2.45, 2.75) is 63.4 Å². The summed E-state index contributed by atoms with van der Waals surface area (Å²) in [5.41, 5.74) is -2.13. The minimum Gasteiger partial charge on any atom is -0.456 e. The van der Waals surface area contributed by atoms with Crippen molar-refractivity contribution in [3.63, 3.8) is 0 Å². The minimum atomic E-state index is -4.88. The molecule has 0 saturated carbocycles. The first-order valence-electron chi connectivity index (χ1n) is 13.9. The predicted octanol–water partition coefficient (Wildman–Crippen LogP) is 6.92. The largest absolute Gasteiger partial charge is 0.456 e. The number of anilines is 1. The molecule has 2 heterocycles. The first kappa shape index (κ1) is 34.9. The van der Waals surface area contributed by atoms with Crippen LogP contribution in [0, 0.1) is 12.7 Å². The highest BCUT2D eigenvalue weighted by atomic mass is 35.5. The molecule has 0 aliphatic carbocycles. The van der Waals surface area contributed by atoms with Crippen LogP contribution in [-0.2, 0) is 20.9 Å². The van der Waals surface area contributed by atoms with E-state index in [0.717, 1.165) is 30.5 Å². The lowest BCUT2D eigenvalue weighted by Gasteiger charge is -2.33. The summed E-state index contributed by atoms with van der Waals surface area (Å²) in [6, 6.07) is 6.53. The lowest BCUT2D eigenvalue weighted by atomic mass is 10.1. The van der Waals surface area contributed by atoms with E-state index in [4.69, 9.17) is 21.1 Å². The SMILES string of the molecule is Cc1cc(F)ccc1Oc1cc(C(F)(F)F)c(Cl)cc1C(=O)Nc1ccnc(S(=O)(=O)NC2CCN(C(=O)OC(C)(C)C)CC2)c1. The fraction of sp³-hybridized carbons (Fsp3) is 0.367. The molecule has 2 aromatic carbocycles. The molecule has 0 radical (unpaired) electrons. The molecule has 16 heteroatoms. The second kappa shape index (κ2) is 13.4. The Morgan fingerprint density at radius 1 is 1.02 bits per heavy atom. The van der Waals surface area contributed by atoms with E-state index in [1.165, 1.54) is 24.0 Å². The number of amides is 2. The Hall–Kier alpha value is -3.95. The number of halogens is 5. The van der Waals surface area contributed by atoms with Crippen molar-refractivity contribution in [3.05, 3.63) is 76.2 Å². The van der Waals surface area contributed by atoms with Crippen molar-refractivity contribution >= 4 is 39.3 Å². The molecule has 1 saturated heterocycles. The number of hydrogen-bond acceptors (Lipinski definition) is 7. The smallest absolute Gasteiger partial charge is 0.417 e. The van der Waals surface area contributed by atoms with Crippen molar-refractivity contribution < 1.29 is 45.0 Å². The third-order valence-corrected chi connectivity index (χ3v) is 8.44. The molecule has 46 heavy (non-hydrogen) atoms. The van der Waals surface area contributed by atoms with Gasteiger partial charge in [0.2, 0.25) is 0 Å². The van der Waals surface area contributed by atoms with Crippen LogP contribution in [0.5, 0.6) is 11.5 Å². The van der Waals surface area contributed by atoms with E-state index in [2.05, 4.69) is 15.0 Å². The Bertz CT molecular complexity index is 1740. The van der Waals surface area contributed by atoms with Crippen LogP contribution < -0.4 is 14.8 Å². The van der Waals surface area contributed by atoms with Gasteiger partial charge in [-0.15, -0.1) is 0 Å². The summed E-state index contributed by atoms with van der Waals surface area (Å²) in [5, 5.41) is 1.23. The van der Waals surface area contributed by atoms with Crippen molar-refractivity contribution in [2.24, 2.45) is 0 Å². The molecule has 1 aromatic heterocycles. The average Bonchev–Trinajstić information content (AvgIpc) is 2.94. The quantitative estimate of drug-likeness (QED) is 0.258. The van der Waals surface area contributed by atoms with Crippen molar-refractivity contribution in [2.75, 3.05) is 18.4 Å². The number of hydrogen-bond donors (Lipinski definition) is 2. The Labute approximate surface area is 268 Å². The molecule has 0 unspecified atom stereocenters. The number of carbonyl (C=O) groups excluding carboxylic acids is 2. The minimum absolute atomic E-state index is 0.00816. The van der Waals surface area contributed by atoms with E-state index in [-0.39, 0.29) is 30.1 Å². The molecule has 10 nitrogen and oxygen atoms in total. The van der Waals surface area contributed by atoms with Gasteiger partial charge in [0.1, 0.15) is 22.9 Å². The van der Waals surface area contributed by atoms with Crippen molar-refractivity contribution in [1.82, 2.24) is 14.6 Å². The molecule has 3 aromatic rings. The summed E-state index contributed by atoms with van der Waals surface area (Å²) >= 11 is 5.89. The van der Waals surface area contributed by atoms with E-state index in [1.54, 1.807) is 20.8 Å². The first-order chi connectivity index (χ1) is 21.3. The summed E-state index contributed by atoms with van der Waals surface area (Å²) in [4.78, 5) is 31.0. The van der Waals surface area contributed by atoms with Gasteiger partial charge in [-0.25, -0.2) is 27.3 Å². The predicted molar refractivity (Wildman–Crippen MR) is 161 cm³/mol. The second-order valence-electron chi connectivity index (χ2n) is 11.5. The Kier molecular flexibility index (Phi) is 10.2. The van der Waals surface area contributed by atoms with Crippen LogP contribution in [0.25, 0.3) is 0 Å².